The van der Waals surface area contributed by atoms with Crippen molar-refractivity contribution in [1.29, 1.82) is 0 Å². The molecule has 0 bridgehead atoms. The monoisotopic (exact) mass is 523 g/mol. The Balaban J connectivity index is 1.94. The number of carbonyl (C=O) groups excluding carboxylic acids is 1. The van der Waals surface area contributed by atoms with Crippen molar-refractivity contribution in [1.82, 2.24) is 0 Å². The summed E-state index contributed by atoms with van der Waals surface area (Å²) in [6.45, 7) is 5.35. The molecule has 0 saturated heterocycles. The lowest BCUT2D eigenvalue weighted by Crippen LogP contribution is -2.24. The Kier molecular flexibility index (Phi) is 8.42. The maximum atomic E-state index is 13.1. The SMILES string of the molecule is CCN(CC)c1ccc(S(=O)(=O)Nc2cc(Cl)ccc2Cl)cc1NC(=O)C=Cc1cccs1. The second-order valence-electron chi connectivity index (χ2n) is 6.92. The molecule has 10 heteroatoms. The number of nitrogens with one attached hydrogen (secondary N) is 2. The molecule has 1 amide bonds. The molecule has 0 fully saturated rings. The lowest BCUT2D eigenvalue weighted by Gasteiger charge is -2.24. The number of nitrogens with zero attached hydrogens (tertiary/aromatic N) is 1. The largest absolute Gasteiger partial charge is 0.370 e. The highest BCUT2D eigenvalue weighted by Crippen LogP contribution is 2.32. The lowest BCUT2D eigenvalue weighted by atomic mass is 10.2. The number of hydrogen-bond acceptors (Lipinski definition) is 5. The van der Waals surface area contributed by atoms with E-state index in [0.29, 0.717) is 23.8 Å². The van der Waals surface area contributed by atoms with E-state index in [0.717, 1.165) is 10.6 Å². The number of carbonyl (C=O) groups is 1. The quantitative estimate of drug-likeness (QED) is 0.320. The Hall–Kier alpha value is -2.52. The van der Waals surface area contributed by atoms with Gasteiger partial charge in [0, 0.05) is 29.1 Å². The van der Waals surface area contributed by atoms with E-state index in [9.17, 15) is 13.2 Å². The number of benzene rings is 2. The van der Waals surface area contributed by atoms with Crippen molar-refractivity contribution in [2.75, 3.05) is 28.0 Å². The van der Waals surface area contributed by atoms with Gasteiger partial charge in [-0.25, -0.2) is 8.42 Å². The third kappa shape index (κ3) is 6.51. The Morgan fingerprint density at radius 1 is 1.06 bits per heavy atom. The second-order valence-corrected chi connectivity index (χ2v) is 10.4. The van der Waals surface area contributed by atoms with Crippen molar-refractivity contribution in [3.8, 4) is 0 Å². The number of thiophene rings is 1. The molecule has 0 aliphatic rings. The van der Waals surface area contributed by atoms with Crippen molar-refractivity contribution in [2.24, 2.45) is 0 Å². The molecule has 0 aliphatic carbocycles. The van der Waals surface area contributed by atoms with Gasteiger partial charge in [-0.2, -0.15) is 0 Å². The maximum absolute atomic E-state index is 13.1. The molecule has 174 valence electrons. The first-order valence-corrected chi connectivity index (χ1v) is 13.2. The summed E-state index contributed by atoms with van der Waals surface area (Å²) in [5.41, 5.74) is 1.28. The number of rotatable bonds is 9. The van der Waals surface area contributed by atoms with Crippen molar-refractivity contribution >= 4 is 73.6 Å². The van der Waals surface area contributed by atoms with Gasteiger partial charge in [0.2, 0.25) is 5.91 Å². The Labute approximate surface area is 207 Å². The van der Waals surface area contributed by atoms with E-state index >= 15 is 0 Å². The first-order valence-electron chi connectivity index (χ1n) is 10.1. The fourth-order valence-corrected chi connectivity index (χ4v) is 5.23. The van der Waals surface area contributed by atoms with E-state index in [4.69, 9.17) is 23.2 Å². The van der Waals surface area contributed by atoms with Crippen LogP contribution < -0.4 is 14.9 Å². The molecular formula is C23H23Cl2N3O3S2. The molecule has 0 saturated carbocycles. The molecular weight excluding hydrogens is 501 g/mol. The van der Waals surface area contributed by atoms with Crippen LogP contribution in [-0.4, -0.2) is 27.4 Å². The first-order chi connectivity index (χ1) is 15.7. The molecule has 3 rings (SSSR count). The average Bonchev–Trinajstić information content (AvgIpc) is 3.30. The zero-order valence-electron chi connectivity index (χ0n) is 18.0. The zero-order chi connectivity index (χ0) is 24.0. The number of anilines is 3. The normalized spacial score (nSPS) is 11.5. The number of halogens is 2. The first kappa shape index (κ1) is 25.1. The summed E-state index contributed by atoms with van der Waals surface area (Å²) < 4.78 is 28.6. The van der Waals surface area contributed by atoms with E-state index in [2.05, 4.69) is 10.0 Å². The van der Waals surface area contributed by atoms with Crippen LogP contribution in [0.2, 0.25) is 10.0 Å². The minimum absolute atomic E-state index is 0.0213. The maximum Gasteiger partial charge on any atom is 0.262 e. The van der Waals surface area contributed by atoms with Crippen LogP contribution >= 0.6 is 34.5 Å². The fraction of sp³-hybridized carbons (Fsp3) is 0.174. The van der Waals surface area contributed by atoms with Gasteiger partial charge in [0.15, 0.2) is 0 Å². The second kappa shape index (κ2) is 11.1. The minimum Gasteiger partial charge on any atom is -0.370 e. The van der Waals surface area contributed by atoms with E-state index in [1.54, 1.807) is 18.2 Å². The van der Waals surface area contributed by atoms with Crippen LogP contribution in [-0.2, 0) is 14.8 Å². The fourth-order valence-electron chi connectivity index (χ4n) is 3.12. The Morgan fingerprint density at radius 2 is 1.82 bits per heavy atom. The molecule has 0 aliphatic heterocycles. The Morgan fingerprint density at radius 3 is 2.48 bits per heavy atom. The van der Waals surface area contributed by atoms with Crippen molar-refractivity contribution < 1.29 is 13.2 Å². The van der Waals surface area contributed by atoms with E-state index < -0.39 is 10.0 Å². The van der Waals surface area contributed by atoms with Gasteiger partial charge < -0.3 is 10.2 Å². The zero-order valence-corrected chi connectivity index (χ0v) is 21.2. The van der Waals surface area contributed by atoms with Crippen LogP contribution in [0.15, 0.2) is 64.9 Å². The van der Waals surface area contributed by atoms with Crippen LogP contribution in [0.1, 0.15) is 18.7 Å². The Bertz CT molecular complexity index is 1260. The van der Waals surface area contributed by atoms with Crippen molar-refractivity contribution in [3.05, 3.63) is 74.9 Å². The standard InChI is InChI=1S/C23H23Cl2N3O3S2/c1-3-28(4-2)22-11-9-18(33(30,31)27-20-14-16(24)7-10-19(20)25)15-21(22)26-23(29)12-8-17-6-5-13-32-17/h5-15,27H,3-4H2,1-2H3,(H,26,29). The third-order valence-corrected chi connectivity index (χ3v) is 7.52. The summed E-state index contributed by atoms with van der Waals surface area (Å²) in [4.78, 5) is 15.5. The smallest absolute Gasteiger partial charge is 0.262 e. The highest BCUT2D eigenvalue weighted by molar-refractivity contribution is 7.92. The van der Waals surface area contributed by atoms with E-state index in [1.165, 1.54) is 41.7 Å². The minimum atomic E-state index is -3.99. The summed E-state index contributed by atoms with van der Waals surface area (Å²) in [5.74, 6) is -0.364. The predicted octanol–water partition coefficient (Wildman–Crippen LogP) is 6.35. The summed E-state index contributed by atoms with van der Waals surface area (Å²) in [7, 11) is -3.99. The summed E-state index contributed by atoms with van der Waals surface area (Å²) >= 11 is 13.6. The number of amides is 1. The van der Waals surface area contributed by atoms with Gasteiger partial charge in [-0.1, -0.05) is 29.3 Å². The molecule has 2 N–H and O–H groups in total. The summed E-state index contributed by atoms with van der Waals surface area (Å²) in [5, 5.41) is 5.30. The van der Waals surface area contributed by atoms with Gasteiger partial charge in [-0.3, -0.25) is 9.52 Å². The molecule has 33 heavy (non-hydrogen) atoms. The molecule has 0 unspecified atom stereocenters. The van der Waals surface area contributed by atoms with E-state index in [1.807, 2.05) is 36.3 Å². The van der Waals surface area contributed by atoms with Crippen LogP contribution in [0.25, 0.3) is 6.08 Å². The van der Waals surface area contributed by atoms with Gasteiger partial charge in [0.1, 0.15) is 0 Å². The molecule has 2 aromatic carbocycles. The summed E-state index contributed by atoms with van der Waals surface area (Å²) in [6, 6.07) is 12.9. The molecule has 6 nitrogen and oxygen atoms in total. The molecule has 1 aromatic heterocycles. The topological polar surface area (TPSA) is 78.5 Å². The highest BCUT2D eigenvalue weighted by atomic mass is 35.5. The van der Waals surface area contributed by atoms with Crippen molar-refractivity contribution in [2.45, 2.75) is 18.7 Å². The number of sulfonamides is 1. The van der Waals surface area contributed by atoms with Crippen molar-refractivity contribution in [3.63, 3.8) is 0 Å². The third-order valence-electron chi connectivity index (χ3n) is 4.76. The highest BCUT2D eigenvalue weighted by Gasteiger charge is 2.20. The number of hydrogen-bond donors (Lipinski definition) is 2. The lowest BCUT2D eigenvalue weighted by molar-refractivity contribution is -0.111. The van der Waals surface area contributed by atoms with Gasteiger partial charge in [0.05, 0.1) is 27.0 Å². The van der Waals surface area contributed by atoms with Crippen LogP contribution in [0, 0.1) is 0 Å². The van der Waals surface area contributed by atoms with Gasteiger partial charge >= 0.3 is 0 Å². The molecule has 0 radical (unpaired) electrons. The van der Waals surface area contributed by atoms with Crippen LogP contribution in [0.3, 0.4) is 0 Å². The molecule has 0 atom stereocenters. The summed E-state index contributed by atoms with van der Waals surface area (Å²) in [6.07, 6.45) is 3.13. The molecule has 1 heterocycles. The molecule has 0 spiro atoms. The van der Waals surface area contributed by atoms with Crippen LogP contribution in [0.5, 0.6) is 0 Å². The predicted molar refractivity (Wildman–Crippen MR) is 139 cm³/mol. The van der Waals surface area contributed by atoms with Gasteiger partial charge in [0.25, 0.3) is 10.0 Å². The van der Waals surface area contributed by atoms with Crippen LogP contribution in [0.4, 0.5) is 17.1 Å². The van der Waals surface area contributed by atoms with Gasteiger partial charge in [-0.15, -0.1) is 11.3 Å². The van der Waals surface area contributed by atoms with E-state index in [-0.39, 0.29) is 21.5 Å². The van der Waals surface area contributed by atoms with Gasteiger partial charge in [-0.05, 0) is 67.8 Å². The average molecular weight is 524 g/mol. The molecule has 3 aromatic rings.